The second kappa shape index (κ2) is 11.6. The van der Waals surface area contributed by atoms with E-state index in [0.717, 1.165) is 17.7 Å². The average Bonchev–Trinajstić information content (AvgIpc) is 2.51. The molecule has 0 aromatic heterocycles. The minimum atomic E-state index is -2.94. The summed E-state index contributed by atoms with van der Waals surface area (Å²) in [6, 6.07) is 6.15. The molecule has 0 fully saturated rings. The Morgan fingerprint density at radius 3 is 2.60 bits per heavy atom. The van der Waals surface area contributed by atoms with Crippen LogP contribution in [0.1, 0.15) is 24.5 Å². The number of aryl methyl sites for hydroxylation is 1. The summed E-state index contributed by atoms with van der Waals surface area (Å²) in [6.07, 6.45) is 2.61. The number of methoxy groups -OCH3 is 1. The zero-order valence-corrected chi connectivity index (χ0v) is 18.8. The molecule has 0 aliphatic rings. The van der Waals surface area contributed by atoms with Crippen LogP contribution in [-0.4, -0.2) is 53.1 Å². The van der Waals surface area contributed by atoms with Crippen molar-refractivity contribution in [3.05, 3.63) is 29.3 Å². The van der Waals surface area contributed by atoms with Gasteiger partial charge in [-0.25, -0.2) is 8.42 Å². The molecule has 8 heteroatoms. The van der Waals surface area contributed by atoms with Crippen LogP contribution in [0.2, 0.25) is 0 Å². The second-order valence-electron chi connectivity index (χ2n) is 6.03. The Kier molecular flexibility index (Phi) is 11.1. The molecule has 0 radical (unpaired) electrons. The first-order chi connectivity index (χ1) is 11.2. The lowest BCUT2D eigenvalue weighted by molar-refractivity contribution is 0.409. The monoisotopic (exact) mass is 483 g/mol. The van der Waals surface area contributed by atoms with Gasteiger partial charge in [0.2, 0.25) is 0 Å². The normalized spacial score (nSPS) is 12.9. The van der Waals surface area contributed by atoms with E-state index in [1.165, 1.54) is 11.8 Å². The molecule has 2 N–H and O–H groups in total. The lowest BCUT2D eigenvalue weighted by Gasteiger charge is -2.18. The fraction of sp³-hybridized carbons (Fsp3) is 0.588. The van der Waals surface area contributed by atoms with Gasteiger partial charge in [-0.15, -0.1) is 24.0 Å². The lowest BCUT2D eigenvalue weighted by atomic mass is 10.1. The first-order valence-corrected chi connectivity index (χ1v) is 10.1. The summed E-state index contributed by atoms with van der Waals surface area (Å²) in [7, 11) is 0.432. The molecule has 1 aromatic carbocycles. The largest absolute Gasteiger partial charge is 0.496 e. The predicted octanol–water partition coefficient (Wildman–Crippen LogP) is 2.15. The molecule has 1 rings (SSSR count). The molecular formula is C17H30IN3O3S. The average molecular weight is 483 g/mol. The molecule has 0 spiro atoms. The number of guanidine groups is 1. The van der Waals surface area contributed by atoms with E-state index in [-0.39, 0.29) is 35.8 Å². The smallest absolute Gasteiger partial charge is 0.191 e. The Morgan fingerprint density at radius 1 is 1.36 bits per heavy atom. The van der Waals surface area contributed by atoms with Crippen LogP contribution in [0, 0.1) is 6.92 Å². The molecule has 0 amide bonds. The van der Waals surface area contributed by atoms with Gasteiger partial charge in [0.05, 0.1) is 12.9 Å². The number of sulfone groups is 1. The minimum absolute atomic E-state index is 0. The molecular weight excluding hydrogens is 453 g/mol. The Bertz CT molecular complexity index is 663. The van der Waals surface area contributed by atoms with Gasteiger partial charge in [-0.05, 0) is 38.3 Å². The molecule has 0 aliphatic carbocycles. The zero-order valence-electron chi connectivity index (χ0n) is 15.6. The van der Waals surface area contributed by atoms with Crippen LogP contribution in [0.4, 0.5) is 0 Å². The van der Waals surface area contributed by atoms with Crippen molar-refractivity contribution in [1.82, 2.24) is 10.6 Å². The van der Waals surface area contributed by atoms with Crippen molar-refractivity contribution in [2.24, 2.45) is 4.99 Å². The SMILES string of the molecule is CN=C(NCCc1cc(C)ccc1OC)NC(C)CCS(C)(=O)=O.I. The maximum absolute atomic E-state index is 11.2. The Labute approximate surface area is 168 Å². The second-order valence-corrected chi connectivity index (χ2v) is 8.29. The molecule has 0 aliphatic heterocycles. The number of halogens is 1. The van der Waals surface area contributed by atoms with Crippen LogP contribution in [0.3, 0.4) is 0 Å². The van der Waals surface area contributed by atoms with Crippen molar-refractivity contribution < 1.29 is 13.2 Å². The van der Waals surface area contributed by atoms with Crippen molar-refractivity contribution >= 4 is 39.8 Å². The predicted molar refractivity (Wildman–Crippen MR) is 115 cm³/mol. The highest BCUT2D eigenvalue weighted by atomic mass is 127. The van der Waals surface area contributed by atoms with Gasteiger partial charge in [-0.3, -0.25) is 4.99 Å². The van der Waals surface area contributed by atoms with Crippen molar-refractivity contribution in [3.63, 3.8) is 0 Å². The van der Waals surface area contributed by atoms with E-state index >= 15 is 0 Å². The van der Waals surface area contributed by atoms with Gasteiger partial charge in [-0.2, -0.15) is 0 Å². The maximum Gasteiger partial charge on any atom is 0.191 e. The van der Waals surface area contributed by atoms with Gasteiger partial charge in [0, 0.05) is 25.9 Å². The van der Waals surface area contributed by atoms with E-state index in [9.17, 15) is 8.42 Å². The lowest BCUT2D eigenvalue weighted by Crippen LogP contribution is -2.43. The van der Waals surface area contributed by atoms with Gasteiger partial charge < -0.3 is 15.4 Å². The van der Waals surface area contributed by atoms with E-state index in [4.69, 9.17) is 4.74 Å². The molecule has 25 heavy (non-hydrogen) atoms. The molecule has 1 aromatic rings. The number of hydrogen-bond donors (Lipinski definition) is 2. The summed E-state index contributed by atoms with van der Waals surface area (Å²) in [4.78, 5) is 4.18. The molecule has 6 nitrogen and oxygen atoms in total. The van der Waals surface area contributed by atoms with Gasteiger partial charge in [-0.1, -0.05) is 17.7 Å². The Hall–Kier alpha value is -1.03. The summed E-state index contributed by atoms with van der Waals surface area (Å²) in [5.41, 5.74) is 2.34. The summed E-state index contributed by atoms with van der Waals surface area (Å²) in [5, 5.41) is 6.46. The number of ether oxygens (including phenoxy) is 1. The molecule has 1 atom stereocenters. The Morgan fingerprint density at radius 2 is 2.04 bits per heavy atom. The van der Waals surface area contributed by atoms with Gasteiger partial charge in [0.25, 0.3) is 0 Å². The summed E-state index contributed by atoms with van der Waals surface area (Å²) in [6.45, 7) is 4.71. The molecule has 0 saturated carbocycles. The first kappa shape index (κ1) is 24.0. The number of benzene rings is 1. The van der Waals surface area contributed by atoms with Gasteiger partial charge in [0.15, 0.2) is 5.96 Å². The van der Waals surface area contributed by atoms with Gasteiger partial charge in [0.1, 0.15) is 15.6 Å². The van der Waals surface area contributed by atoms with Crippen LogP contribution < -0.4 is 15.4 Å². The van der Waals surface area contributed by atoms with Crippen molar-refractivity contribution in [2.75, 3.05) is 32.7 Å². The number of rotatable bonds is 8. The fourth-order valence-corrected chi connectivity index (χ4v) is 3.09. The minimum Gasteiger partial charge on any atom is -0.496 e. The third-order valence-corrected chi connectivity index (χ3v) is 4.63. The van der Waals surface area contributed by atoms with Crippen LogP contribution in [0.15, 0.2) is 23.2 Å². The summed E-state index contributed by atoms with van der Waals surface area (Å²) in [5.74, 6) is 1.72. The van der Waals surface area contributed by atoms with Crippen molar-refractivity contribution in [2.45, 2.75) is 32.7 Å². The zero-order chi connectivity index (χ0) is 18.2. The number of aliphatic imine (C=N–C) groups is 1. The van der Waals surface area contributed by atoms with Crippen LogP contribution >= 0.6 is 24.0 Å². The highest BCUT2D eigenvalue weighted by Crippen LogP contribution is 2.19. The van der Waals surface area contributed by atoms with Crippen molar-refractivity contribution in [1.29, 1.82) is 0 Å². The van der Waals surface area contributed by atoms with E-state index < -0.39 is 9.84 Å². The fourth-order valence-electron chi connectivity index (χ4n) is 2.31. The molecule has 0 bridgehead atoms. The maximum atomic E-state index is 11.2. The van der Waals surface area contributed by atoms with E-state index in [2.05, 4.69) is 28.6 Å². The Balaban J connectivity index is 0.00000576. The molecule has 0 saturated heterocycles. The number of nitrogens with one attached hydrogen (secondary N) is 2. The summed E-state index contributed by atoms with van der Waals surface area (Å²) >= 11 is 0. The van der Waals surface area contributed by atoms with E-state index in [0.29, 0.717) is 18.9 Å². The topological polar surface area (TPSA) is 79.8 Å². The van der Waals surface area contributed by atoms with Crippen LogP contribution in [0.5, 0.6) is 5.75 Å². The standard InChI is InChI=1S/C17H29N3O3S.HI/c1-13-6-7-16(23-4)15(12-13)8-10-19-17(18-3)20-14(2)9-11-24(5,21)22;/h6-7,12,14H,8-11H2,1-5H3,(H2,18,19,20);1H. The van der Waals surface area contributed by atoms with E-state index in [1.54, 1.807) is 14.2 Å². The van der Waals surface area contributed by atoms with Crippen molar-refractivity contribution in [3.8, 4) is 5.75 Å². The first-order valence-electron chi connectivity index (χ1n) is 8.03. The van der Waals surface area contributed by atoms with Crippen LogP contribution in [0.25, 0.3) is 0 Å². The number of nitrogens with zero attached hydrogens (tertiary/aromatic N) is 1. The quantitative estimate of drug-likeness (QED) is 0.337. The highest BCUT2D eigenvalue weighted by molar-refractivity contribution is 14.0. The molecule has 144 valence electrons. The third-order valence-electron chi connectivity index (χ3n) is 3.65. The highest BCUT2D eigenvalue weighted by Gasteiger charge is 2.10. The summed E-state index contributed by atoms with van der Waals surface area (Å²) < 4.78 is 27.8. The molecule has 1 unspecified atom stereocenters. The third kappa shape index (κ3) is 9.88. The molecule has 0 heterocycles. The van der Waals surface area contributed by atoms with E-state index in [1.807, 2.05) is 19.1 Å². The van der Waals surface area contributed by atoms with Crippen LogP contribution in [-0.2, 0) is 16.3 Å². The van der Waals surface area contributed by atoms with Gasteiger partial charge >= 0.3 is 0 Å². The number of hydrogen-bond acceptors (Lipinski definition) is 4.